The highest BCUT2D eigenvalue weighted by Crippen LogP contribution is 2.43. The van der Waals surface area contributed by atoms with E-state index in [4.69, 9.17) is 18.5 Å². The van der Waals surface area contributed by atoms with Crippen molar-refractivity contribution < 1.29 is 42.1 Å². The first-order valence-electron chi connectivity index (χ1n) is 15.4. The number of rotatable bonds is 27. The van der Waals surface area contributed by atoms with Crippen LogP contribution in [0.5, 0.6) is 0 Å². The van der Waals surface area contributed by atoms with Gasteiger partial charge in [-0.15, -0.1) is 0 Å². The summed E-state index contributed by atoms with van der Waals surface area (Å²) in [7, 11) is 1.47. The van der Waals surface area contributed by atoms with Gasteiger partial charge in [-0.1, -0.05) is 77.4 Å². The number of phosphoric ester groups is 1. The van der Waals surface area contributed by atoms with Crippen molar-refractivity contribution in [3.05, 3.63) is 12.2 Å². The summed E-state index contributed by atoms with van der Waals surface area (Å²) in [4.78, 5) is 34.5. The Morgan fingerprint density at radius 2 is 1.27 bits per heavy atom. The molecule has 10 heteroatoms. The Labute approximate surface area is 244 Å². The Balaban J connectivity index is 4.47. The van der Waals surface area contributed by atoms with Crippen molar-refractivity contribution in [2.24, 2.45) is 0 Å². The summed E-state index contributed by atoms with van der Waals surface area (Å²) in [6, 6.07) is 0. The van der Waals surface area contributed by atoms with Gasteiger partial charge in [0.1, 0.15) is 19.8 Å². The minimum atomic E-state index is -4.34. The lowest BCUT2D eigenvalue weighted by atomic mass is 10.1. The zero-order chi connectivity index (χ0) is 30.1. The van der Waals surface area contributed by atoms with Gasteiger partial charge in [-0.25, -0.2) is 4.57 Å². The normalized spacial score (nSPS) is 14.2. The first-order valence-corrected chi connectivity index (χ1v) is 16.9. The van der Waals surface area contributed by atoms with Crippen LogP contribution in [-0.2, 0) is 32.7 Å². The van der Waals surface area contributed by atoms with Crippen molar-refractivity contribution in [3.8, 4) is 0 Å². The molecule has 0 aliphatic carbocycles. The van der Waals surface area contributed by atoms with Crippen LogP contribution in [0.3, 0.4) is 0 Å². The average molecular weight is 593 g/mol. The lowest BCUT2D eigenvalue weighted by molar-refractivity contribution is -0.870. The molecule has 0 amide bonds. The van der Waals surface area contributed by atoms with Gasteiger partial charge in [0.05, 0.1) is 27.7 Å². The van der Waals surface area contributed by atoms with Gasteiger partial charge in [-0.2, -0.15) is 0 Å². The molecule has 0 aromatic carbocycles. The van der Waals surface area contributed by atoms with Gasteiger partial charge in [0.25, 0.3) is 0 Å². The van der Waals surface area contributed by atoms with Gasteiger partial charge in [-0.05, 0) is 38.5 Å². The second-order valence-corrected chi connectivity index (χ2v) is 12.9. The number of phosphoric acid groups is 1. The molecule has 236 valence electrons. The molecule has 0 saturated heterocycles. The second-order valence-electron chi connectivity index (χ2n) is 11.5. The van der Waals surface area contributed by atoms with E-state index < -0.39 is 26.5 Å². The van der Waals surface area contributed by atoms with Crippen LogP contribution in [-0.4, -0.2) is 74.9 Å². The highest BCUT2D eigenvalue weighted by atomic mass is 31.2. The first kappa shape index (κ1) is 38.8. The molecular weight excluding hydrogens is 533 g/mol. The minimum Gasteiger partial charge on any atom is -0.462 e. The van der Waals surface area contributed by atoms with Gasteiger partial charge < -0.3 is 18.9 Å². The van der Waals surface area contributed by atoms with E-state index in [2.05, 4.69) is 26.0 Å². The van der Waals surface area contributed by atoms with E-state index in [0.29, 0.717) is 17.4 Å². The molecule has 1 N–H and O–H groups in total. The van der Waals surface area contributed by atoms with Gasteiger partial charge in [0, 0.05) is 12.8 Å². The predicted molar refractivity (Wildman–Crippen MR) is 160 cm³/mol. The zero-order valence-corrected chi connectivity index (χ0v) is 27.0. The summed E-state index contributed by atoms with van der Waals surface area (Å²) in [6.07, 6.45) is 18.9. The van der Waals surface area contributed by atoms with E-state index in [1.54, 1.807) is 0 Å². The van der Waals surface area contributed by atoms with Gasteiger partial charge in [-0.3, -0.25) is 18.6 Å². The largest absolute Gasteiger partial charge is 0.472 e. The number of nitrogens with zero attached hydrogens (tertiary/aromatic N) is 1. The molecule has 40 heavy (non-hydrogen) atoms. The summed E-state index contributed by atoms with van der Waals surface area (Å²) in [5, 5.41) is 0. The van der Waals surface area contributed by atoms with E-state index in [1.165, 1.54) is 25.7 Å². The van der Waals surface area contributed by atoms with E-state index in [1.807, 2.05) is 21.1 Å². The molecule has 0 spiro atoms. The Kier molecular flexibility index (Phi) is 23.6. The topological polar surface area (TPSA) is 108 Å². The third-order valence-electron chi connectivity index (χ3n) is 6.30. The molecule has 1 unspecified atom stereocenters. The van der Waals surface area contributed by atoms with Gasteiger partial charge in [0.15, 0.2) is 6.10 Å². The smallest absolute Gasteiger partial charge is 0.462 e. The summed E-state index contributed by atoms with van der Waals surface area (Å²) < 4.78 is 33.7. The summed E-state index contributed by atoms with van der Waals surface area (Å²) >= 11 is 0. The quantitative estimate of drug-likeness (QED) is 0.0353. The van der Waals surface area contributed by atoms with Crippen molar-refractivity contribution in [3.63, 3.8) is 0 Å². The molecule has 0 rings (SSSR count). The summed E-state index contributed by atoms with van der Waals surface area (Å²) in [6.45, 7) is 4.21. The van der Waals surface area contributed by atoms with Crippen LogP contribution in [0.15, 0.2) is 12.2 Å². The molecule has 0 aromatic rings. The van der Waals surface area contributed by atoms with Crippen LogP contribution < -0.4 is 0 Å². The molecule has 0 bridgehead atoms. The summed E-state index contributed by atoms with van der Waals surface area (Å²) in [5.41, 5.74) is 0. The summed E-state index contributed by atoms with van der Waals surface area (Å²) in [5.74, 6) is -0.833. The monoisotopic (exact) mass is 592 g/mol. The lowest BCUT2D eigenvalue weighted by Crippen LogP contribution is -2.37. The van der Waals surface area contributed by atoms with Crippen molar-refractivity contribution in [1.82, 2.24) is 0 Å². The molecular formula is C30H59NO8P+. The number of esters is 2. The molecule has 0 aromatic heterocycles. The SMILES string of the molecule is CCCCC/C=C\CCCCCCCC(=O)O[C@@H](COC(=O)CCCCCC)COP(=O)(O)OCC[N+](C)(C)C. The zero-order valence-electron chi connectivity index (χ0n) is 26.1. The third kappa shape index (κ3) is 26.9. The number of allylic oxidation sites excluding steroid dienone is 2. The highest BCUT2D eigenvalue weighted by molar-refractivity contribution is 7.47. The number of carbonyl (C=O) groups excluding carboxylic acids is 2. The maximum atomic E-state index is 12.4. The number of hydrogen-bond donors (Lipinski definition) is 1. The predicted octanol–water partition coefficient (Wildman–Crippen LogP) is 7.12. The van der Waals surface area contributed by atoms with E-state index in [-0.39, 0.29) is 32.0 Å². The standard InChI is InChI=1S/C30H58NO8P/c1-6-8-10-12-13-14-15-16-17-18-19-21-23-30(33)39-28(26-36-29(32)22-20-11-9-7-2)27-38-40(34,35)37-25-24-31(3,4)5/h13-14,28H,6-12,15-27H2,1-5H3/p+1/b14-13-/t28-/m0/s1. The number of ether oxygens (including phenoxy) is 2. The molecule has 2 atom stereocenters. The van der Waals surface area contributed by atoms with Crippen LogP contribution in [0.25, 0.3) is 0 Å². The molecule has 0 heterocycles. The van der Waals surface area contributed by atoms with Gasteiger partial charge >= 0.3 is 19.8 Å². The number of carbonyl (C=O) groups is 2. The second kappa shape index (κ2) is 24.4. The van der Waals surface area contributed by atoms with Crippen molar-refractivity contribution in [1.29, 1.82) is 0 Å². The Morgan fingerprint density at radius 3 is 1.90 bits per heavy atom. The van der Waals surface area contributed by atoms with E-state index in [0.717, 1.165) is 57.8 Å². The Morgan fingerprint density at radius 1 is 0.750 bits per heavy atom. The van der Waals surface area contributed by atoms with Crippen LogP contribution >= 0.6 is 7.82 Å². The van der Waals surface area contributed by atoms with Crippen molar-refractivity contribution in [2.75, 3.05) is 47.5 Å². The molecule has 0 aliphatic heterocycles. The fraction of sp³-hybridized carbons (Fsp3) is 0.867. The fourth-order valence-corrected chi connectivity index (χ4v) is 4.51. The van der Waals surface area contributed by atoms with Crippen molar-refractivity contribution >= 4 is 19.8 Å². The van der Waals surface area contributed by atoms with Crippen molar-refractivity contribution in [2.45, 2.75) is 123 Å². The molecule has 0 aliphatic rings. The number of hydrogen-bond acceptors (Lipinski definition) is 7. The highest BCUT2D eigenvalue weighted by Gasteiger charge is 2.27. The molecule has 9 nitrogen and oxygen atoms in total. The maximum absolute atomic E-state index is 12.4. The van der Waals surface area contributed by atoms with E-state index >= 15 is 0 Å². The number of quaternary nitrogens is 1. The molecule has 0 fully saturated rings. The number of likely N-dealkylation sites (N-methyl/N-ethyl adjacent to an activating group) is 1. The van der Waals surface area contributed by atoms with Crippen LogP contribution in [0.2, 0.25) is 0 Å². The van der Waals surface area contributed by atoms with Crippen LogP contribution in [0.1, 0.15) is 117 Å². The molecule has 0 saturated carbocycles. The molecule has 0 radical (unpaired) electrons. The van der Waals surface area contributed by atoms with Crippen LogP contribution in [0, 0.1) is 0 Å². The fourth-order valence-electron chi connectivity index (χ4n) is 3.77. The third-order valence-corrected chi connectivity index (χ3v) is 7.28. The first-order chi connectivity index (χ1) is 19.0. The van der Waals surface area contributed by atoms with Gasteiger partial charge in [0.2, 0.25) is 0 Å². The minimum absolute atomic E-state index is 0.0315. The number of unbranched alkanes of at least 4 members (excludes halogenated alkanes) is 11. The van der Waals surface area contributed by atoms with E-state index in [9.17, 15) is 19.0 Å². The Hall–Kier alpha value is -1.25. The van der Waals surface area contributed by atoms with Crippen LogP contribution in [0.4, 0.5) is 0 Å². The average Bonchev–Trinajstić information content (AvgIpc) is 2.88. The lowest BCUT2D eigenvalue weighted by Gasteiger charge is -2.24. The Bertz CT molecular complexity index is 723. The maximum Gasteiger partial charge on any atom is 0.472 e.